The topological polar surface area (TPSA) is 46.2 Å². The fourth-order valence-electron chi connectivity index (χ4n) is 4.70. The average molecular weight is 689 g/mol. The molecule has 1 fully saturated rings. The van der Waals surface area contributed by atoms with Crippen LogP contribution in [-0.2, 0) is 43.2 Å². The van der Waals surface area contributed by atoms with Gasteiger partial charge < -0.3 is 23.4 Å². The van der Waals surface area contributed by atoms with Crippen LogP contribution in [0.4, 0.5) is 0 Å². The Labute approximate surface area is 261 Å². The van der Waals surface area contributed by atoms with E-state index in [1.54, 1.807) is 0 Å². The standard InChI is InChI=1S/C34H45IO5Si/c1-34(2,3)41(4,5)40-32-29(21-35)39-30(25-36-22-26-15-9-6-10-16-26)31(37-23-27-17-11-7-12-18-27)33(32)38-24-28-19-13-8-14-20-28/h6-20,29-33H,21-25H2,1-5H3/t29-,30?,31-,32?,33-/m1/s1. The molecule has 222 valence electrons. The summed E-state index contributed by atoms with van der Waals surface area (Å²) in [6.45, 7) is 13.2. The molecule has 0 aromatic heterocycles. The summed E-state index contributed by atoms with van der Waals surface area (Å²) in [5.74, 6) is 0. The molecule has 5 nitrogen and oxygen atoms in total. The van der Waals surface area contributed by atoms with E-state index in [4.69, 9.17) is 23.4 Å². The zero-order chi connectivity index (χ0) is 29.3. The molecule has 0 saturated carbocycles. The van der Waals surface area contributed by atoms with Gasteiger partial charge in [-0.1, -0.05) is 134 Å². The third-order valence-electron chi connectivity index (χ3n) is 8.08. The van der Waals surface area contributed by atoms with Crippen LogP contribution in [-0.4, -0.2) is 49.9 Å². The van der Waals surface area contributed by atoms with E-state index < -0.39 is 8.32 Å². The van der Waals surface area contributed by atoms with Crippen LogP contribution in [0.2, 0.25) is 18.1 Å². The first-order valence-corrected chi connectivity index (χ1v) is 18.9. The molecular formula is C34H45IO5Si. The van der Waals surface area contributed by atoms with Gasteiger partial charge in [-0.25, -0.2) is 0 Å². The van der Waals surface area contributed by atoms with E-state index >= 15 is 0 Å². The molecule has 0 bridgehead atoms. The minimum atomic E-state index is -2.16. The van der Waals surface area contributed by atoms with Gasteiger partial charge in [-0.3, -0.25) is 0 Å². The number of rotatable bonds is 13. The SMILES string of the molecule is CC(C)(C)[Si](C)(C)OC1[C@@H](CI)OC(COCc2ccccc2)[C@@H](OCc2ccccc2)[C@H]1OCc1ccccc1. The summed E-state index contributed by atoms with van der Waals surface area (Å²) in [7, 11) is -2.16. The van der Waals surface area contributed by atoms with E-state index in [0.29, 0.717) is 26.4 Å². The van der Waals surface area contributed by atoms with Crippen molar-refractivity contribution in [3.8, 4) is 0 Å². The normalized spacial score (nSPS) is 23.4. The number of hydrogen-bond acceptors (Lipinski definition) is 5. The van der Waals surface area contributed by atoms with E-state index in [1.807, 2.05) is 54.6 Å². The molecule has 0 aliphatic carbocycles. The summed E-state index contributed by atoms with van der Waals surface area (Å²) >= 11 is 2.41. The molecule has 1 saturated heterocycles. The maximum atomic E-state index is 7.12. The van der Waals surface area contributed by atoms with Gasteiger partial charge in [0.25, 0.3) is 0 Å². The highest BCUT2D eigenvalue weighted by atomic mass is 127. The van der Waals surface area contributed by atoms with Gasteiger partial charge in [0.05, 0.1) is 32.5 Å². The minimum Gasteiger partial charge on any atom is -0.408 e. The molecule has 0 N–H and O–H groups in total. The zero-order valence-electron chi connectivity index (χ0n) is 25.0. The smallest absolute Gasteiger partial charge is 0.192 e. The van der Waals surface area contributed by atoms with Crippen LogP contribution in [0.25, 0.3) is 0 Å². The van der Waals surface area contributed by atoms with Crippen LogP contribution in [0.15, 0.2) is 91.0 Å². The van der Waals surface area contributed by atoms with E-state index in [2.05, 4.69) is 92.9 Å². The van der Waals surface area contributed by atoms with Crippen molar-refractivity contribution in [1.29, 1.82) is 0 Å². The van der Waals surface area contributed by atoms with Crippen molar-refractivity contribution in [2.75, 3.05) is 11.0 Å². The van der Waals surface area contributed by atoms with Gasteiger partial charge in [-0.05, 0) is 34.8 Å². The van der Waals surface area contributed by atoms with Crippen molar-refractivity contribution in [3.05, 3.63) is 108 Å². The summed E-state index contributed by atoms with van der Waals surface area (Å²) < 4.78 is 34.4. The molecule has 1 aliphatic rings. The van der Waals surface area contributed by atoms with Crippen molar-refractivity contribution >= 4 is 30.9 Å². The molecule has 7 heteroatoms. The highest BCUT2D eigenvalue weighted by molar-refractivity contribution is 14.1. The van der Waals surface area contributed by atoms with Crippen molar-refractivity contribution in [1.82, 2.24) is 0 Å². The Morgan fingerprint density at radius 1 is 0.659 bits per heavy atom. The first kappa shape index (κ1) is 32.3. The van der Waals surface area contributed by atoms with E-state index in [1.165, 1.54) is 0 Å². The van der Waals surface area contributed by atoms with Crippen molar-refractivity contribution in [3.63, 3.8) is 0 Å². The highest BCUT2D eigenvalue weighted by Gasteiger charge is 2.51. The predicted octanol–water partition coefficient (Wildman–Crippen LogP) is 7.97. The van der Waals surface area contributed by atoms with Crippen LogP contribution >= 0.6 is 22.6 Å². The molecule has 2 unspecified atom stereocenters. The lowest BCUT2D eigenvalue weighted by atomic mass is 9.95. The van der Waals surface area contributed by atoms with Gasteiger partial charge in [0, 0.05) is 4.43 Å². The second kappa shape index (κ2) is 15.2. The average Bonchev–Trinajstić information content (AvgIpc) is 2.97. The fraction of sp³-hybridized carbons (Fsp3) is 0.471. The van der Waals surface area contributed by atoms with Crippen LogP contribution < -0.4 is 0 Å². The Kier molecular flexibility index (Phi) is 12.0. The van der Waals surface area contributed by atoms with Crippen LogP contribution in [0, 0.1) is 0 Å². The van der Waals surface area contributed by atoms with E-state index in [-0.39, 0.29) is 35.6 Å². The number of alkyl halides is 1. The molecule has 0 spiro atoms. The van der Waals surface area contributed by atoms with Gasteiger partial charge >= 0.3 is 0 Å². The first-order valence-electron chi connectivity index (χ1n) is 14.5. The third kappa shape index (κ3) is 9.19. The summed E-state index contributed by atoms with van der Waals surface area (Å²) in [4.78, 5) is 0. The van der Waals surface area contributed by atoms with Crippen molar-refractivity contribution in [2.45, 2.75) is 89.2 Å². The molecule has 4 rings (SSSR count). The van der Waals surface area contributed by atoms with Gasteiger partial charge in [0.2, 0.25) is 0 Å². The Bertz CT molecular complexity index is 1160. The maximum Gasteiger partial charge on any atom is 0.192 e. The third-order valence-corrected chi connectivity index (χ3v) is 13.4. The van der Waals surface area contributed by atoms with Gasteiger partial charge in [0.15, 0.2) is 8.32 Å². The van der Waals surface area contributed by atoms with Crippen molar-refractivity contribution in [2.24, 2.45) is 0 Å². The predicted molar refractivity (Wildman–Crippen MR) is 176 cm³/mol. The van der Waals surface area contributed by atoms with Crippen molar-refractivity contribution < 1.29 is 23.4 Å². The lowest BCUT2D eigenvalue weighted by Gasteiger charge is -2.50. The molecule has 3 aromatic rings. The number of halogens is 1. The lowest BCUT2D eigenvalue weighted by Crippen LogP contribution is -2.64. The van der Waals surface area contributed by atoms with E-state index in [9.17, 15) is 0 Å². The van der Waals surface area contributed by atoms with Crippen LogP contribution in [0.3, 0.4) is 0 Å². The summed E-state index contributed by atoms with van der Waals surface area (Å²) in [6.07, 6.45) is -1.41. The monoisotopic (exact) mass is 688 g/mol. The highest BCUT2D eigenvalue weighted by Crippen LogP contribution is 2.41. The zero-order valence-corrected chi connectivity index (χ0v) is 28.2. The fourth-order valence-corrected chi connectivity index (χ4v) is 6.73. The quantitative estimate of drug-likeness (QED) is 0.104. The molecule has 5 atom stereocenters. The first-order chi connectivity index (χ1) is 19.7. The molecular weight excluding hydrogens is 643 g/mol. The molecule has 0 amide bonds. The number of benzene rings is 3. The molecule has 0 radical (unpaired) electrons. The molecule has 41 heavy (non-hydrogen) atoms. The Morgan fingerprint density at radius 3 is 1.59 bits per heavy atom. The second-order valence-electron chi connectivity index (χ2n) is 12.2. The Balaban J connectivity index is 1.63. The largest absolute Gasteiger partial charge is 0.408 e. The Morgan fingerprint density at radius 2 is 1.12 bits per heavy atom. The minimum absolute atomic E-state index is 0.0445. The molecule has 1 heterocycles. The van der Waals surface area contributed by atoms with E-state index in [0.717, 1.165) is 21.1 Å². The summed E-state index contributed by atoms with van der Waals surface area (Å²) in [5, 5.41) is 0.0445. The Hall–Kier alpha value is -1.59. The summed E-state index contributed by atoms with van der Waals surface area (Å²) in [6, 6.07) is 30.8. The second-order valence-corrected chi connectivity index (χ2v) is 17.9. The number of ether oxygens (including phenoxy) is 4. The van der Waals surface area contributed by atoms with Crippen LogP contribution in [0.1, 0.15) is 37.5 Å². The van der Waals surface area contributed by atoms with Gasteiger partial charge in [-0.2, -0.15) is 0 Å². The van der Waals surface area contributed by atoms with Gasteiger partial charge in [-0.15, -0.1) is 0 Å². The van der Waals surface area contributed by atoms with Crippen LogP contribution in [0.5, 0.6) is 0 Å². The molecule has 3 aromatic carbocycles. The summed E-state index contributed by atoms with van der Waals surface area (Å²) in [5.41, 5.74) is 3.36. The molecule has 1 aliphatic heterocycles. The van der Waals surface area contributed by atoms with Gasteiger partial charge in [0.1, 0.15) is 24.4 Å². The lowest BCUT2D eigenvalue weighted by molar-refractivity contribution is -0.252. The number of hydrogen-bond donors (Lipinski definition) is 0. The maximum absolute atomic E-state index is 7.12.